The summed E-state index contributed by atoms with van der Waals surface area (Å²) in [5, 5.41) is 10.2. The molecule has 1 N–H and O–H groups in total. The molecule has 0 radical (unpaired) electrons. The SMILES string of the molecule is Cc1cc(N(C)CC(O)COCc2ccccc2)nc(C2CC2)n1. The van der Waals surface area contributed by atoms with Crippen LogP contribution in [0.25, 0.3) is 0 Å². The van der Waals surface area contributed by atoms with E-state index in [0.29, 0.717) is 25.7 Å². The Balaban J connectivity index is 1.49. The number of hydrogen-bond acceptors (Lipinski definition) is 5. The minimum absolute atomic E-state index is 0.304. The highest BCUT2D eigenvalue weighted by Gasteiger charge is 2.27. The van der Waals surface area contributed by atoms with Gasteiger partial charge in [-0.2, -0.15) is 0 Å². The van der Waals surface area contributed by atoms with Crippen LogP contribution in [0.4, 0.5) is 5.82 Å². The molecule has 0 bridgehead atoms. The maximum atomic E-state index is 10.2. The van der Waals surface area contributed by atoms with Crippen molar-refractivity contribution in [1.82, 2.24) is 9.97 Å². The Morgan fingerprint density at radius 1 is 1.25 bits per heavy atom. The first-order valence-corrected chi connectivity index (χ1v) is 8.48. The monoisotopic (exact) mass is 327 g/mol. The molecule has 1 aromatic carbocycles. The molecular formula is C19H25N3O2. The van der Waals surface area contributed by atoms with Crippen molar-refractivity contribution in [2.75, 3.05) is 25.1 Å². The van der Waals surface area contributed by atoms with Crippen LogP contribution in [0, 0.1) is 6.92 Å². The van der Waals surface area contributed by atoms with E-state index in [9.17, 15) is 5.11 Å². The molecule has 2 aromatic rings. The number of ether oxygens (including phenoxy) is 1. The first kappa shape index (κ1) is 16.9. The van der Waals surface area contributed by atoms with Crippen LogP contribution < -0.4 is 4.90 Å². The number of rotatable bonds is 8. The number of aryl methyl sites for hydroxylation is 1. The Labute approximate surface area is 143 Å². The molecule has 1 saturated carbocycles. The minimum atomic E-state index is -0.557. The fourth-order valence-electron chi connectivity index (χ4n) is 2.64. The number of nitrogens with zero attached hydrogens (tertiary/aromatic N) is 3. The van der Waals surface area contributed by atoms with Gasteiger partial charge in [0.25, 0.3) is 0 Å². The maximum Gasteiger partial charge on any atom is 0.134 e. The van der Waals surface area contributed by atoms with Crippen molar-refractivity contribution in [3.63, 3.8) is 0 Å². The molecule has 3 rings (SSSR count). The Hall–Kier alpha value is -1.98. The summed E-state index contributed by atoms with van der Waals surface area (Å²) in [5.41, 5.74) is 2.09. The first-order chi connectivity index (χ1) is 11.6. The number of aliphatic hydroxyl groups is 1. The molecule has 0 spiro atoms. The molecule has 0 amide bonds. The average molecular weight is 327 g/mol. The van der Waals surface area contributed by atoms with Crippen LogP contribution in [-0.4, -0.2) is 41.4 Å². The first-order valence-electron chi connectivity index (χ1n) is 8.48. The number of hydrogen-bond donors (Lipinski definition) is 1. The molecule has 1 heterocycles. The van der Waals surface area contributed by atoms with Crippen LogP contribution in [0.2, 0.25) is 0 Å². The van der Waals surface area contributed by atoms with Crippen LogP contribution in [0.15, 0.2) is 36.4 Å². The molecular weight excluding hydrogens is 302 g/mol. The quantitative estimate of drug-likeness (QED) is 0.808. The Bertz CT molecular complexity index is 659. The van der Waals surface area contributed by atoms with Gasteiger partial charge in [0, 0.05) is 31.3 Å². The molecule has 5 nitrogen and oxygen atoms in total. The number of benzene rings is 1. The lowest BCUT2D eigenvalue weighted by Gasteiger charge is -2.22. The molecule has 1 fully saturated rings. The zero-order valence-electron chi connectivity index (χ0n) is 14.4. The zero-order valence-corrected chi connectivity index (χ0v) is 14.4. The topological polar surface area (TPSA) is 58.5 Å². The lowest BCUT2D eigenvalue weighted by Crippen LogP contribution is -2.33. The van der Waals surface area contributed by atoms with Gasteiger partial charge < -0.3 is 14.7 Å². The second-order valence-electron chi connectivity index (χ2n) is 6.54. The van der Waals surface area contributed by atoms with Gasteiger partial charge in [0.15, 0.2) is 0 Å². The van der Waals surface area contributed by atoms with Crippen molar-refractivity contribution < 1.29 is 9.84 Å². The third-order valence-electron chi connectivity index (χ3n) is 4.10. The molecule has 128 valence electrons. The molecule has 1 aliphatic carbocycles. The number of anilines is 1. The van der Waals surface area contributed by atoms with E-state index in [2.05, 4.69) is 9.97 Å². The highest BCUT2D eigenvalue weighted by Crippen LogP contribution is 2.38. The summed E-state index contributed by atoms with van der Waals surface area (Å²) >= 11 is 0. The zero-order chi connectivity index (χ0) is 16.9. The van der Waals surface area contributed by atoms with Gasteiger partial charge in [0.05, 0.1) is 19.3 Å². The summed E-state index contributed by atoms with van der Waals surface area (Å²) in [6.07, 6.45) is 1.81. The Morgan fingerprint density at radius 2 is 2.00 bits per heavy atom. The molecule has 1 atom stereocenters. The maximum absolute atomic E-state index is 10.2. The summed E-state index contributed by atoms with van der Waals surface area (Å²) < 4.78 is 5.60. The van der Waals surface area contributed by atoms with Crippen molar-refractivity contribution in [1.29, 1.82) is 0 Å². The normalized spacial score (nSPS) is 15.3. The number of aromatic nitrogens is 2. The standard InChI is InChI=1S/C19H25N3O2/c1-14-10-18(21-19(20-14)16-8-9-16)22(2)11-17(23)13-24-12-15-6-4-3-5-7-15/h3-7,10,16-17,23H,8-9,11-13H2,1-2H3. The summed E-state index contributed by atoms with van der Waals surface area (Å²) in [7, 11) is 1.94. The van der Waals surface area contributed by atoms with Gasteiger partial charge in [-0.25, -0.2) is 9.97 Å². The molecule has 24 heavy (non-hydrogen) atoms. The lowest BCUT2D eigenvalue weighted by atomic mass is 10.2. The molecule has 1 unspecified atom stereocenters. The summed E-state index contributed by atoms with van der Waals surface area (Å²) in [4.78, 5) is 11.1. The average Bonchev–Trinajstić information content (AvgIpc) is 3.40. The molecule has 0 aliphatic heterocycles. The van der Waals surface area contributed by atoms with Gasteiger partial charge in [-0.3, -0.25) is 0 Å². The van der Waals surface area contributed by atoms with Crippen molar-refractivity contribution in [2.45, 2.75) is 38.4 Å². The highest BCUT2D eigenvalue weighted by atomic mass is 16.5. The van der Waals surface area contributed by atoms with Crippen LogP contribution in [0.5, 0.6) is 0 Å². The van der Waals surface area contributed by atoms with E-state index >= 15 is 0 Å². The third-order valence-corrected chi connectivity index (χ3v) is 4.10. The molecule has 0 saturated heterocycles. The van der Waals surface area contributed by atoms with E-state index in [1.165, 1.54) is 12.8 Å². The van der Waals surface area contributed by atoms with Gasteiger partial charge in [-0.15, -0.1) is 0 Å². The predicted octanol–water partition coefficient (Wildman–Crippen LogP) is 2.68. The van der Waals surface area contributed by atoms with E-state index in [1.807, 2.05) is 55.3 Å². The molecule has 5 heteroatoms. The van der Waals surface area contributed by atoms with E-state index < -0.39 is 6.10 Å². The molecule has 1 aliphatic rings. The van der Waals surface area contributed by atoms with E-state index in [4.69, 9.17) is 4.74 Å². The van der Waals surface area contributed by atoms with Gasteiger partial charge in [-0.1, -0.05) is 30.3 Å². The summed E-state index contributed by atoms with van der Waals surface area (Å²) in [6.45, 7) is 3.29. The fraction of sp³-hybridized carbons (Fsp3) is 0.474. The number of likely N-dealkylation sites (N-methyl/N-ethyl adjacent to an activating group) is 1. The van der Waals surface area contributed by atoms with Crippen molar-refractivity contribution in [3.8, 4) is 0 Å². The van der Waals surface area contributed by atoms with E-state index in [1.54, 1.807) is 0 Å². The molecule has 1 aromatic heterocycles. The van der Waals surface area contributed by atoms with E-state index in [-0.39, 0.29) is 0 Å². The van der Waals surface area contributed by atoms with Crippen molar-refractivity contribution >= 4 is 5.82 Å². The smallest absolute Gasteiger partial charge is 0.134 e. The van der Waals surface area contributed by atoms with E-state index in [0.717, 1.165) is 22.9 Å². The van der Waals surface area contributed by atoms with Gasteiger partial charge in [0.1, 0.15) is 11.6 Å². The second kappa shape index (κ2) is 7.73. The third kappa shape index (κ3) is 4.76. The van der Waals surface area contributed by atoms with Crippen LogP contribution in [0.3, 0.4) is 0 Å². The van der Waals surface area contributed by atoms with Crippen molar-refractivity contribution in [2.24, 2.45) is 0 Å². The van der Waals surface area contributed by atoms with Crippen LogP contribution in [-0.2, 0) is 11.3 Å². The van der Waals surface area contributed by atoms with Gasteiger partial charge >= 0.3 is 0 Å². The Morgan fingerprint density at radius 3 is 2.71 bits per heavy atom. The van der Waals surface area contributed by atoms with Gasteiger partial charge in [0.2, 0.25) is 0 Å². The minimum Gasteiger partial charge on any atom is -0.389 e. The lowest BCUT2D eigenvalue weighted by molar-refractivity contribution is 0.0324. The second-order valence-corrected chi connectivity index (χ2v) is 6.54. The largest absolute Gasteiger partial charge is 0.389 e. The Kier molecular flexibility index (Phi) is 5.43. The summed E-state index contributed by atoms with van der Waals surface area (Å²) in [5.74, 6) is 2.33. The number of aliphatic hydroxyl groups excluding tert-OH is 1. The highest BCUT2D eigenvalue weighted by molar-refractivity contribution is 5.39. The van der Waals surface area contributed by atoms with Crippen molar-refractivity contribution in [3.05, 3.63) is 53.5 Å². The predicted molar refractivity (Wildman–Crippen MR) is 94.1 cm³/mol. The van der Waals surface area contributed by atoms with Crippen LogP contribution >= 0.6 is 0 Å². The summed E-state index contributed by atoms with van der Waals surface area (Å²) in [6, 6.07) is 11.9. The fourth-order valence-corrected chi connectivity index (χ4v) is 2.64. The van der Waals surface area contributed by atoms with Crippen LogP contribution in [0.1, 0.15) is 35.8 Å². The van der Waals surface area contributed by atoms with Gasteiger partial charge in [-0.05, 0) is 25.3 Å².